The van der Waals surface area contributed by atoms with Crippen molar-refractivity contribution in [3.05, 3.63) is 59.1 Å². The molecule has 2 aromatic carbocycles. The Morgan fingerprint density at radius 1 is 1.08 bits per heavy atom. The molecule has 5 heteroatoms. The highest BCUT2D eigenvalue weighted by molar-refractivity contribution is 6.30. The van der Waals surface area contributed by atoms with Crippen LogP contribution >= 0.6 is 11.6 Å². The third-order valence-electron chi connectivity index (χ3n) is 3.63. The van der Waals surface area contributed by atoms with Gasteiger partial charge in [0.2, 0.25) is 0 Å². The topological polar surface area (TPSA) is 47.6 Å². The fourth-order valence-electron chi connectivity index (χ4n) is 2.24. The summed E-state index contributed by atoms with van der Waals surface area (Å²) in [6, 6.07) is 14.8. The second-order valence-electron chi connectivity index (χ2n) is 5.36. The van der Waals surface area contributed by atoms with E-state index in [1.165, 1.54) is 0 Å². The molecule has 0 radical (unpaired) electrons. The normalized spacial score (nSPS) is 11.6. The summed E-state index contributed by atoms with van der Waals surface area (Å²) in [6.07, 6.45) is 0.837. The van der Waals surface area contributed by atoms with Gasteiger partial charge < -0.3 is 14.8 Å². The zero-order valence-corrected chi connectivity index (χ0v) is 14.7. The standard InChI is InChI=1S/C19H22ClNO3/c1-3-18(24-17-10-8-16(23-2)9-11-17)19(22)21-13-12-14-4-6-15(20)7-5-14/h4-11,18H,3,12-13H2,1-2H3,(H,21,22)/t18-/m1/s1. The van der Waals surface area contributed by atoms with Crippen molar-refractivity contribution in [3.8, 4) is 11.5 Å². The fourth-order valence-corrected chi connectivity index (χ4v) is 2.36. The van der Waals surface area contributed by atoms with Crippen LogP contribution in [0.3, 0.4) is 0 Å². The Kier molecular flexibility index (Phi) is 6.94. The molecule has 0 aliphatic heterocycles. The lowest BCUT2D eigenvalue weighted by molar-refractivity contribution is -0.128. The van der Waals surface area contributed by atoms with Gasteiger partial charge in [0.25, 0.3) is 5.91 Å². The van der Waals surface area contributed by atoms with Crippen molar-refractivity contribution in [3.63, 3.8) is 0 Å². The van der Waals surface area contributed by atoms with Gasteiger partial charge in [0.05, 0.1) is 7.11 Å². The molecule has 0 aromatic heterocycles. The number of methoxy groups -OCH3 is 1. The molecule has 0 aliphatic rings. The van der Waals surface area contributed by atoms with Crippen LogP contribution in [0.1, 0.15) is 18.9 Å². The number of ether oxygens (including phenoxy) is 2. The number of carbonyl (C=O) groups is 1. The van der Waals surface area contributed by atoms with Crippen LogP contribution in [0.25, 0.3) is 0 Å². The molecular formula is C19H22ClNO3. The van der Waals surface area contributed by atoms with Crippen LogP contribution in [0, 0.1) is 0 Å². The Hall–Kier alpha value is -2.20. The molecule has 1 N–H and O–H groups in total. The number of halogens is 1. The first-order valence-electron chi connectivity index (χ1n) is 7.95. The molecule has 0 heterocycles. The van der Waals surface area contributed by atoms with E-state index in [4.69, 9.17) is 21.1 Å². The summed E-state index contributed by atoms with van der Waals surface area (Å²) >= 11 is 5.86. The van der Waals surface area contributed by atoms with Crippen molar-refractivity contribution in [1.29, 1.82) is 0 Å². The lowest BCUT2D eigenvalue weighted by Gasteiger charge is -2.17. The molecule has 0 saturated carbocycles. The lowest BCUT2D eigenvalue weighted by Crippen LogP contribution is -2.38. The average molecular weight is 348 g/mol. The Balaban J connectivity index is 1.82. The van der Waals surface area contributed by atoms with Gasteiger partial charge in [-0.05, 0) is 54.8 Å². The Labute approximate surface area is 147 Å². The van der Waals surface area contributed by atoms with Gasteiger partial charge in [0.1, 0.15) is 11.5 Å². The second kappa shape index (κ2) is 9.18. The van der Waals surface area contributed by atoms with Crippen molar-refractivity contribution in [2.24, 2.45) is 0 Å². The number of amides is 1. The molecule has 2 rings (SSSR count). The van der Waals surface area contributed by atoms with Crippen molar-refractivity contribution >= 4 is 17.5 Å². The molecule has 0 spiro atoms. The average Bonchev–Trinajstić information content (AvgIpc) is 2.61. The van der Waals surface area contributed by atoms with Crippen LogP contribution in [0.4, 0.5) is 0 Å². The highest BCUT2D eigenvalue weighted by Gasteiger charge is 2.17. The highest BCUT2D eigenvalue weighted by atomic mass is 35.5. The minimum atomic E-state index is -0.511. The summed E-state index contributed by atoms with van der Waals surface area (Å²) in [5, 5.41) is 3.63. The van der Waals surface area contributed by atoms with E-state index in [2.05, 4.69) is 5.32 Å². The number of carbonyl (C=O) groups excluding carboxylic acids is 1. The maximum Gasteiger partial charge on any atom is 0.261 e. The van der Waals surface area contributed by atoms with Gasteiger partial charge in [-0.15, -0.1) is 0 Å². The summed E-state index contributed by atoms with van der Waals surface area (Å²) in [5.41, 5.74) is 1.13. The van der Waals surface area contributed by atoms with E-state index < -0.39 is 6.10 Å². The third kappa shape index (κ3) is 5.46. The van der Waals surface area contributed by atoms with Gasteiger partial charge in [-0.2, -0.15) is 0 Å². The van der Waals surface area contributed by atoms with Crippen LogP contribution < -0.4 is 14.8 Å². The SMILES string of the molecule is CC[C@@H](Oc1ccc(OC)cc1)C(=O)NCCc1ccc(Cl)cc1. The maximum atomic E-state index is 12.3. The van der Waals surface area contributed by atoms with Crippen LogP contribution in [-0.4, -0.2) is 25.7 Å². The van der Waals surface area contributed by atoms with E-state index in [9.17, 15) is 4.79 Å². The van der Waals surface area contributed by atoms with Gasteiger partial charge in [0.15, 0.2) is 6.10 Å². The van der Waals surface area contributed by atoms with E-state index in [0.29, 0.717) is 23.7 Å². The van der Waals surface area contributed by atoms with E-state index in [0.717, 1.165) is 17.7 Å². The number of hydrogen-bond acceptors (Lipinski definition) is 3. The predicted molar refractivity (Wildman–Crippen MR) is 95.9 cm³/mol. The van der Waals surface area contributed by atoms with Gasteiger partial charge in [-0.3, -0.25) is 4.79 Å². The van der Waals surface area contributed by atoms with Crippen molar-refractivity contribution in [1.82, 2.24) is 5.32 Å². The molecule has 2 aromatic rings. The van der Waals surface area contributed by atoms with Gasteiger partial charge in [0, 0.05) is 11.6 Å². The molecule has 24 heavy (non-hydrogen) atoms. The number of benzene rings is 2. The Bertz CT molecular complexity index is 641. The van der Waals surface area contributed by atoms with Crippen LogP contribution in [0.5, 0.6) is 11.5 Å². The summed E-state index contributed by atoms with van der Waals surface area (Å²) in [4.78, 5) is 12.3. The highest BCUT2D eigenvalue weighted by Crippen LogP contribution is 2.19. The molecular weight excluding hydrogens is 326 g/mol. The van der Waals surface area contributed by atoms with Crippen LogP contribution in [0.15, 0.2) is 48.5 Å². The number of hydrogen-bond donors (Lipinski definition) is 1. The molecule has 1 amide bonds. The third-order valence-corrected chi connectivity index (χ3v) is 3.88. The Morgan fingerprint density at radius 2 is 1.71 bits per heavy atom. The number of rotatable bonds is 8. The first kappa shape index (κ1) is 18.1. The van der Waals surface area contributed by atoms with Crippen molar-refractivity contribution in [2.45, 2.75) is 25.9 Å². The smallest absolute Gasteiger partial charge is 0.261 e. The zero-order chi connectivity index (χ0) is 17.4. The molecule has 0 aliphatic carbocycles. The molecule has 0 fully saturated rings. The number of nitrogens with one attached hydrogen (secondary N) is 1. The molecule has 4 nitrogen and oxygen atoms in total. The largest absolute Gasteiger partial charge is 0.497 e. The first-order chi connectivity index (χ1) is 11.6. The summed E-state index contributed by atoms with van der Waals surface area (Å²) in [5.74, 6) is 1.29. The summed E-state index contributed by atoms with van der Waals surface area (Å²) < 4.78 is 10.9. The van der Waals surface area contributed by atoms with Gasteiger partial charge in [-0.25, -0.2) is 0 Å². The first-order valence-corrected chi connectivity index (χ1v) is 8.33. The summed E-state index contributed by atoms with van der Waals surface area (Å²) in [6.45, 7) is 2.48. The Morgan fingerprint density at radius 3 is 2.29 bits per heavy atom. The molecule has 0 unspecified atom stereocenters. The predicted octanol–water partition coefficient (Wildman–Crippen LogP) is 3.86. The summed E-state index contributed by atoms with van der Waals surface area (Å²) in [7, 11) is 1.61. The van der Waals surface area contributed by atoms with Crippen LogP contribution in [0.2, 0.25) is 5.02 Å². The molecule has 128 valence electrons. The van der Waals surface area contributed by atoms with Gasteiger partial charge in [-0.1, -0.05) is 30.7 Å². The van der Waals surface area contributed by atoms with Crippen molar-refractivity contribution < 1.29 is 14.3 Å². The van der Waals surface area contributed by atoms with E-state index in [1.807, 2.05) is 31.2 Å². The van der Waals surface area contributed by atoms with E-state index >= 15 is 0 Å². The minimum absolute atomic E-state index is 0.109. The van der Waals surface area contributed by atoms with E-state index in [-0.39, 0.29) is 5.91 Å². The molecule has 0 bridgehead atoms. The van der Waals surface area contributed by atoms with Crippen molar-refractivity contribution in [2.75, 3.05) is 13.7 Å². The van der Waals surface area contributed by atoms with E-state index in [1.54, 1.807) is 31.4 Å². The quantitative estimate of drug-likeness (QED) is 0.788. The zero-order valence-electron chi connectivity index (χ0n) is 13.9. The second-order valence-corrected chi connectivity index (χ2v) is 5.79. The lowest BCUT2D eigenvalue weighted by atomic mass is 10.1. The molecule has 0 saturated heterocycles. The van der Waals surface area contributed by atoms with Gasteiger partial charge >= 0.3 is 0 Å². The maximum absolute atomic E-state index is 12.3. The molecule has 1 atom stereocenters. The monoisotopic (exact) mass is 347 g/mol. The van der Waals surface area contributed by atoms with Crippen LogP contribution in [-0.2, 0) is 11.2 Å². The minimum Gasteiger partial charge on any atom is -0.497 e. The fraction of sp³-hybridized carbons (Fsp3) is 0.316.